The van der Waals surface area contributed by atoms with Gasteiger partial charge in [-0.1, -0.05) is 0 Å². The molecule has 9 heteroatoms. The van der Waals surface area contributed by atoms with Crippen LogP contribution in [0.4, 0.5) is 26.3 Å². The normalized spacial score (nSPS) is 34.0. The summed E-state index contributed by atoms with van der Waals surface area (Å²) in [5, 5.41) is 27.2. The lowest BCUT2D eigenvalue weighted by molar-refractivity contribution is -0.389. The number of rotatable bonds is 3. The maximum atomic E-state index is 12.8. The molecule has 0 radical (unpaired) electrons. The molecule has 0 heterocycles. The average Bonchev–Trinajstić information content (AvgIpc) is 2.82. The van der Waals surface area contributed by atoms with E-state index in [0.717, 1.165) is 0 Å². The molecule has 4 atom stereocenters. The van der Waals surface area contributed by atoms with Crippen LogP contribution >= 0.6 is 0 Å². The summed E-state index contributed by atoms with van der Waals surface area (Å²) in [6, 6.07) is 0. The van der Waals surface area contributed by atoms with Gasteiger partial charge in [-0.05, 0) is 37.0 Å². The van der Waals surface area contributed by atoms with Crippen molar-refractivity contribution >= 4 is 0 Å². The molecule has 2 aliphatic rings. The molecule has 3 nitrogen and oxygen atoms in total. The van der Waals surface area contributed by atoms with Crippen LogP contribution in [0.3, 0.4) is 0 Å². The Hall–Kier alpha value is -0.540. The summed E-state index contributed by atoms with van der Waals surface area (Å²) in [6.07, 6.45) is -13.5. The van der Waals surface area contributed by atoms with Gasteiger partial charge in [-0.25, -0.2) is 0 Å². The summed E-state index contributed by atoms with van der Waals surface area (Å²) in [4.78, 5) is 0. The Morgan fingerprint density at radius 2 is 1.38 bits per heavy atom. The zero-order valence-corrected chi connectivity index (χ0v) is 10.8. The number of hydrogen-bond donors (Lipinski definition) is 3. The molecule has 21 heavy (non-hydrogen) atoms. The third-order valence-corrected chi connectivity index (χ3v) is 4.92. The van der Waals surface area contributed by atoms with Crippen molar-refractivity contribution in [1.29, 1.82) is 0 Å². The number of fused-ring (bicyclic) bond motifs is 2. The average molecular weight is 322 g/mol. The number of hydrogen-bond acceptors (Lipinski definition) is 3. The van der Waals surface area contributed by atoms with Crippen LogP contribution < -0.4 is 0 Å². The van der Waals surface area contributed by atoms with E-state index in [-0.39, 0.29) is 25.2 Å². The van der Waals surface area contributed by atoms with E-state index in [9.17, 15) is 31.4 Å². The fourth-order valence-electron chi connectivity index (χ4n) is 4.05. The summed E-state index contributed by atoms with van der Waals surface area (Å²) in [5.74, 6) is -3.59. The van der Waals surface area contributed by atoms with Crippen LogP contribution in [-0.2, 0) is 0 Å². The van der Waals surface area contributed by atoms with Crippen LogP contribution in [-0.4, -0.2) is 39.6 Å². The molecule has 0 spiro atoms. The Morgan fingerprint density at radius 3 is 1.71 bits per heavy atom. The molecule has 0 amide bonds. The molecular weight excluding hydrogens is 306 g/mol. The SMILES string of the molecule is OC(O)CC1CC2CC1CC2C(O)(C(F)(F)F)C(F)(F)F. The van der Waals surface area contributed by atoms with Gasteiger partial charge < -0.3 is 15.3 Å². The minimum atomic E-state index is -5.79. The van der Waals surface area contributed by atoms with Crippen LogP contribution in [0.1, 0.15) is 25.7 Å². The molecular formula is C12H16F6O3. The van der Waals surface area contributed by atoms with E-state index in [4.69, 9.17) is 10.2 Å². The molecule has 3 N–H and O–H groups in total. The van der Waals surface area contributed by atoms with Crippen LogP contribution in [0.15, 0.2) is 0 Å². The highest BCUT2D eigenvalue weighted by molar-refractivity contribution is 5.08. The van der Waals surface area contributed by atoms with Gasteiger partial charge in [-0.3, -0.25) is 0 Å². The van der Waals surface area contributed by atoms with Crippen molar-refractivity contribution in [3.63, 3.8) is 0 Å². The standard InChI is InChI=1S/C12H16F6O3/c13-11(14,15)10(21,12(16,17)18)8-3-5-1-7(8)2-6(5)4-9(19)20/h5-9,19-21H,1-4H2. The highest BCUT2D eigenvalue weighted by Crippen LogP contribution is 2.61. The van der Waals surface area contributed by atoms with Gasteiger partial charge in [0, 0.05) is 12.3 Å². The van der Waals surface area contributed by atoms with Crippen LogP contribution in [0.25, 0.3) is 0 Å². The van der Waals surface area contributed by atoms with Crippen molar-refractivity contribution in [3.05, 3.63) is 0 Å². The minimum Gasteiger partial charge on any atom is -0.373 e. The molecule has 2 aliphatic carbocycles. The molecule has 2 rings (SSSR count). The Labute approximate surface area is 116 Å². The van der Waals surface area contributed by atoms with Crippen molar-refractivity contribution in [3.8, 4) is 0 Å². The topological polar surface area (TPSA) is 60.7 Å². The zero-order valence-electron chi connectivity index (χ0n) is 10.8. The van der Waals surface area contributed by atoms with Gasteiger partial charge in [0.1, 0.15) is 0 Å². The lowest BCUT2D eigenvalue weighted by atomic mass is 9.71. The Kier molecular flexibility index (Phi) is 4.00. The smallest absolute Gasteiger partial charge is 0.373 e. The summed E-state index contributed by atoms with van der Waals surface area (Å²) in [7, 11) is 0. The first-order valence-electron chi connectivity index (χ1n) is 6.60. The largest absolute Gasteiger partial charge is 0.426 e. The van der Waals surface area contributed by atoms with E-state index in [2.05, 4.69) is 0 Å². The third kappa shape index (κ3) is 2.63. The first-order valence-corrected chi connectivity index (χ1v) is 6.60. The maximum Gasteiger partial charge on any atom is 0.426 e. The summed E-state index contributed by atoms with van der Waals surface area (Å²) in [5.41, 5.74) is -4.69. The number of aliphatic hydroxyl groups is 3. The lowest BCUT2D eigenvalue weighted by Crippen LogP contribution is -2.62. The summed E-state index contributed by atoms with van der Waals surface area (Å²) < 4.78 is 77.0. The number of alkyl halides is 6. The predicted molar refractivity (Wildman–Crippen MR) is 57.7 cm³/mol. The monoisotopic (exact) mass is 322 g/mol. The first kappa shape index (κ1) is 16.8. The summed E-state index contributed by atoms with van der Waals surface area (Å²) >= 11 is 0. The molecule has 124 valence electrons. The van der Waals surface area contributed by atoms with Crippen molar-refractivity contribution in [2.75, 3.05) is 0 Å². The van der Waals surface area contributed by atoms with E-state index in [1.54, 1.807) is 0 Å². The Bertz CT molecular complexity index is 377. The second kappa shape index (κ2) is 4.99. The Morgan fingerprint density at radius 1 is 0.857 bits per heavy atom. The second-order valence-electron chi connectivity index (χ2n) is 6.07. The minimum absolute atomic E-state index is 0.0431. The zero-order chi connectivity index (χ0) is 16.2. The molecule has 0 aromatic heterocycles. The fraction of sp³-hybridized carbons (Fsp3) is 1.00. The fourth-order valence-corrected chi connectivity index (χ4v) is 4.05. The second-order valence-corrected chi connectivity index (χ2v) is 6.07. The highest BCUT2D eigenvalue weighted by atomic mass is 19.4. The van der Waals surface area contributed by atoms with E-state index < -0.39 is 48.4 Å². The molecule has 2 saturated carbocycles. The quantitative estimate of drug-likeness (QED) is 0.551. The number of halogens is 6. The van der Waals surface area contributed by atoms with Crippen LogP contribution in [0.2, 0.25) is 0 Å². The van der Waals surface area contributed by atoms with Gasteiger partial charge in [0.15, 0.2) is 6.29 Å². The lowest BCUT2D eigenvalue weighted by Gasteiger charge is -2.42. The molecule has 0 aromatic rings. The van der Waals surface area contributed by atoms with Crippen molar-refractivity contribution in [2.24, 2.45) is 23.7 Å². The van der Waals surface area contributed by atoms with Gasteiger partial charge in [-0.15, -0.1) is 0 Å². The van der Waals surface area contributed by atoms with Crippen molar-refractivity contribution in [1.82, 2.24) is 0 Å². The third-order valence-electron chi connectivity index (χ3n) is 4.92. The Balaban J connectivity index is 2.21. The van der Waals surface area contributed by atoms with Crippen molar-refractivity contribution < 1.29 is 41.7 Å². The predicted octanol–water partition coefficient (Wildman–Crippen LogP) is 2.21. The molecule has 0 aliphatic heterocycles. The maximum absolute atomic E-state index is 12.8. The first-order chi connectivity index (χ1) is 9.38. The number of aliphatic hydroxyl groups excluding tert-OH is 1. The molecule has 4 unspecified atom stereocenters. The molecule has 0 aromatic carbocycles. The van der Waals surface area contributed by atoms with E-state index in [0.29, 0.717) is 0 Å². The van der Waals surface area contributed by atoms with Crippen molar-refractivity contribution in [2.45, 2.75) is 49.9 Å². The molecule has 2 bridgehead atoms. The van der Waals surface area contributed by atoms with E-state index >= 15 is 0 Å². The van der Waals surface area contributed by atoms with Crippen LogP contribution in [0.5, 0.6) is 0 Å². The van der Waals surface area contributed by atoms with Gasteiger partial charge in [-0.2, -0.15) is 26.3 Å². The summed E-state index contributed by atoms with van der Waals surface area (Å²) in [6.45, 7) is 0. The van der Waals surface area contributed by atoms with Gasteiger partial charge in [0.05, 0.1) is 0 Å². The van der Waals surface area contributed by atoms with Gasteiger partial charge in [0.2, 0.25) is 0 Å². The van der Waals surface area contributed by atoms with E-state index in [1.165, 1.54) is 0 Å². The van der Waals surface area contributed by atoms with E-state index in [1.807, 2.05) is 0 Å². The van der Waals surface area contributed by atoms with Gasteiger partial charge in [0.25, 0.3) is 5.60 Å². The highest BCUT2D eigenvalue weighted by Gasteiger charge is 2.76. The van der Waals surface area contributed by atoms with Gasteiger partial charge >= 0.3 is 12.4 Å². The molecule has 0 saturated heterocycles. The van der Waals surface area contributed by atoms with Crippen LogP contribution in [0, 0.1) is 23.7 Å². The molecule has 2 fully saturated rings.